The fourth-order valence-corrected chi connectivity index (χ4v) is 4.29. The van der Waals surface area contributed by atoms with Crippen LogP contribution in [0.15, 0.2) is 60.9 Å². The maximum absolute atomic E-state index is 14.0. The number of hydrogen-bond acceptors (Lipinski definition) is 2. The van der Waals surface area contributed by atoms with Crippen LogP contribution in [-0.2, 0) is 19.4 Å². The number of benzene rings is 2. The van der Waals surface area contributed by atoms with Crippen molar-refractivity contribution in [3.05, 3.63) is 100 Å². The summed E-state index contributed by atoms with van der Waals surface area (Å²) in [5.41, 5.74) is 5.14. The zero-order chi connectivity index (χ0) is 21.3. The molecular formula is C26H25FNO2+. The highest BCUT2D eigenvalue weighted by Gasteiger charge is 2.29. The molecule has 0 amide bonds. The second-order valence-electron chi connectivity index (χ2n) is 8.17. The van der Waals surface area contributed by atoms with Gasteiger partial charge < -0.3 is 0 Å². The number of rotatable bonds is 5. The molecule has 30 heavy (non-hydrogen) atoms. The number of ketones is 2. The molecule has 1 atom stereocenters. The van der Waals surface area contributed by atoms with Crippen molar-refractivity contribution in [1.82, 2.24) is 0 Å². The van der Waals surface area contributed by atoms with Crippen LogP contribution in [0.2, 0.25) is 0 Å². The largest absolute Gasteiger partial charge is 0.294 e. The smallest absolute Gasteiger partial charge is 0.180 e. The maximum Gasteiger partial charge on any atom is 0.180 e. The number of carbonyl (C=O) groups excluding carboxylic acids is 2. The van der Waals surface area contributed by atoms with E-state index in [1.807, 2.05) is 35.9 Å². The Morgan fingerprint density at radius 3 is 2.70 bits per heavy atom. The first-order valence-electron chi connectivity index (χ1n) is 10.3. The third-order valence-corrected chi connectivity index (χ3v) is 5.92. The SMILES string of the molecule is CC(=O)c1c[n+](Cc2ccccc2F)ccc1CC1CCc2cc(C)ccc2C1=O. The summed E-state index contributed by atoms with van der Waals surface area (Å²) in [5.74, 6) is -0.276. The summed E-state index contributed by atoms with van der Waals surface area (Å²) in [5, 5.41) is 0. The molecule has 152 valence electrons. The van der Waals surface area contributed by atoms with Crippen molar-refractivity contribution in [2.24, 2.45) is 5.92 Å². The molecule has 1 unspecified atom stereocenters. The van der Waals surface area contributed by atoms with Crippen LogP contribution in [0.25, 0.3) is 0 Å². The van der Waals surface area contributed by atoms with E-state index in [1.54, 1.807) is 24.4 Å². The van der Waals surface area contributed by atoms with Crippen LogP contribution in [0.4, 0.5) is 4.39 Å². The van der Waals surface area contributed by atoms with Crippen molar-refractivity contribution in [3.63, 3.8) is 0 Å². The monoisotopic (exact) mass is 402 g/mol. The molecule has 4 heteroatoms. The molecule has 1 aliphatic carbocycles. The highest BCUT2D eigenvalue weighted by molar-refractivity contribution is 6.01. The molecule has 0 saturated carbocycles. The quantitative estimate of drug-likeness (QED) is 0.460. The number of carbonyl (C=O) groups is 2. The molecule has 2 aromatic carbocycles. The Morgan fingerprint density at radius 2 is 1.93 bits per heavy atom. The summed E-state index contributed by atoms with van der Waals surface area (Å²) in [4.78, 5) is 25.4. The molecule has 0 spiro atoms. The first kappa shape index (κ1) is 20.1. The van der Waals surface area contributed by atoms with Gasteiger partial charge >= 0.3 is 0 Å². The van der Waals surface area contributed by atoms with E-state index < -0.39 is 0 Å². The van der Waals surface area contributed by atoms with E-state index in [0.717, 1.165) is 29.5 Å². The summed E-state index contributed by atoms with van der Waals surface area (Å²) in [6.07, 6.45) is 5.84. The Hall–Kier alpha value is -3.14. The topological polar surface area (TPSA) is 38.0 Å². The Balaban J connectivity index is 1.58. The standard InChI is InChI=1S/C26H25FNO2/c1-17-7-10-23-19(13-17)8-9-21(26(23)30)14-20-11-12-28(16-24(20)18(2)29)15-22-5-3-4-6-25(22)27/h3-7,10-13,16,21H,8-9,14-15H2,1-2H3/q+1. The minimum atomic E-state index is -0.264. The van der Waals surface area contributed by atoms with E-state index in [-0.39, 0.29) is 23.3 Å². The number of aromatic nitrogens is 1. The second-order valence-corrected chi connectivity index (χ2v) is 8.17. The molecule has 1 aromatic heterocycles. The van der Waals surface area contributed by atoms with E-state index in [4.69, 9.17) is 0 Å². The fraction of sp³-hybridized carbons (Fsp3) is 0.269. The normalized spacial score (nSPS) is 15.7. The summed E-state index contributed by atoms with van der Waals surface area (Å²) >= 11 is 0. The molecular weight excluding hydrogens is 377 g/mol. The van der Waals surface area contributed by atoms with Crippen LogP contribution in [0, 0.1) is 18.7 Å². The van der Waals surface area contributed by atoms with Crippen molar-refractivity contribution >= 4 is 11.6 Å². The van der Waals surface area contributed by atoms with E-state index >= 15 is 0 Å². The van der Waals surface area contributed by atoms with Crippen LogP contribution in [0.1, 0.15) is 56.3 Å². The molecule has 0 N–H and O–H groups in total. The average molecular weight is 402 g/mol. The van der Waals surface area contributed by atoms with Crippen molar-refractivity contribution in [1.29, 1.82) is 0 Å². The minimum Gasteiger partial charge on any atom is -0.294 e. The van der Waals surface area contributed by atoms with Gasteiger partial charge in [-0.25, -0.2) is 4.39 Å². The Labute approximate surface area is 176 Å². The summed E-state index contributed by atoms with van der Waals surface area (Å²) in [7, 11) is 0. The molecule has 4 rings (SSSR count). The Morgan fingerprint density at radius 1 is 1.13 bits per heavy atom. The van der Waals surface area contributed by atoms with E-state index in [9.17, 15) is 14.0 Å². The molecule has 0 bridgehead atoms. The van der Waals surface area contributed by atoms with Crippen LogP contribution < -0.4 is 4.57 Å². The number of Topliss-reactive ketones (excluding diaryl/α,β-unsaturated/α-hetero) is 2. The predicted molar refractivity (Wildman–Crippen MR) is 113 cm³/mol. The number of hydrogen-bond donors (Lipinski definition) is 0. The summed E-state index contributed by atoms with van der Waals surface area (Å²) in [6.45, 7) is 3.92. The van der Waals surface area contributed by atoms with Gasteiger partial charge in [0.1, 0.15) is 5.82 Å². The maximum atomic E-state index is 14.0. The third kappa shape index (κ3) is 4.09. The number of aryl methyl sites for hydroxylation is 2. The van der Waals surface area contributed by atoms with Gasteiger partial charge in [-0.1, -0.05) is 35.9 Å². The van der Waals surface area contributed by atoms with Crippen LogP contribution >= 0.6 is 0 Å². The van der Waals surface area contributed by atoms with Gasteiger partial charge in [0.25, 0.3) is 0 Å². The van der Waals surface area contributed by atoms with Gasteiger partial charge in [-0.3, -0.25) is 9.59 Å². The lowest BCUT2D eigenvalue weighted by atomic mass is 9.79. The van der Waals surface area contributed by atoms with Gasteiger partial charge in [0.2, 0.25) is 0 Å². The van der Waals surface area contributed by atoms with Crippen molar-refractivity contribution in [3.8, 4) is 0 Å². The lowest BCUT2D eigenvalue weighted by Gasteiger charge is -2.24. The number of halogens is 1. The third-order valence-electron chi connectivity index (χ3n) is 5.92. The van der Waals surface area contributed by atoms with Gasteiger partial charge in [-0.15, -0.1) is 0 Å². The van der Waals surface area contributed by atoms with Crippen LogP contribution in [-0.4, -0.2) is 11.6 Å². The zero-order valence-corrected chi connectivity index (χ0v) is 17.3. The highest BCUT2D eigenvalue weighted by Crippen LogP contribution is 2.29. The summed E-state index contributed by atoms with van der Waals surface area (Å²) in [6, 6.07) is 14.5. The van der Waals surface area contributed by atoms with Gasteiger partial charge in [0.05, 0.1) is 11.1 Å². The van der Waals surface area contributed by atoms with Crippen molar-refractivity contribution in [2.75, 3.05) is 0 Å². The van der Waals surface area contributed by atoms with E-state index in [0.29, 0.717) is 24.1 Å². The fourth-order valence-electron chi connectivity index (χ4n) is 4.29. The minimum absolute atomic E-state index is 0.0489. The highest BCUT2D eigenvalue weighted by atomic mass is 19.1. The van der Waals surface area contributed by atoms with E-state index in [1.165, 1.54) is 18.6 Å². The Kier molecular flexibility index (Phi) is 5.58. The molecule has 1 heterocycles. The van der Waals surface area contributed by atoms with Gasteiger partial charge in [0.15, 0.2) is 30.5 Å². The Bertz CT molecular complexity index is 1140. The van der Waals surface area contributed by atoms with Crippen LogP contribution in [0.3, 0.4) is 0 Å². The molecule has 3 nitrogen and oxygen atoms in total. The first-order valence-corrected chi connectivity index (χ1v) is 10.3. The molecule has 0 aliphatic heterocycles. The van der Waals surface area contributed by atoms with Gasteiger partial charge in [0, 0.05) is 17.5 Å². The zero-order valence-electron chi connectivity index (χ0n) is 17.3. The molecule has 0 radical (unpaired) electrons. The number of pyridine rings is 1. The van der Waals surface area contributed by atoms with Crippen molar-refractivity contribution in [2.45, 2.75) is 39.7 Å². The first-order chi connectivity index (χ1) is 14.4. The average Bonchev–Trinajstić information content (AvgIpc) is 2.72. The lowest BCUT2D eigenvalue weighted by molar-refractivity contribution is -0.688. The lowest BCUT2D eigenvalue weighted by Crippen LogP contribution is -2.35. The molecule has 3 aromatic rings. The number of fused-ring (bicyclic) bond motifs is 1. The molecule has 0 saturated heterocycles. The van der Waals surface area contributed by atoms with E-state index in [2.05, 4.69) is 6.07 Å². The second kappa shape index (κ2) is 8.31. The van der Waals surface area contributed by atoms with Gasteiger partial charge in [-0.2, -0.15) is 4.57 Å². The predicted octanol–water partition coefficient (Wildman–Crippen LogP) is 4.66. The molecule has 0 fully saturated rings. The van der Waals surface area contributed by atoms with Crippen molar-refractivity contribution < 1.29 is 18.5 Å². The molecule has 1 aliphatic rings. The van der Waals surface area contributed by atoms with Gasteiger partial charge in [-0.05, 0) is 56.4 Å². The van der Waals surface area contributed by atoms with Crippen LogP contribution in [0.5, 0.6) is 0 Å². The summed E-state index contributed by atoms with van der Waals surface area (Å²) < 4.78 is 15.8. The number of nitrogens with zero attached hydrogens (tertiary/aromatic N) is 1.